The van der Waals surface area contributed by atoms with Crippen LogP contribution in [-0.2, 0) is 9.59 Å². The van der Waals surface area contributed by atoms with Crippen LogP contribution >= 0.6 is 11.8 Å². The van der Waals surface area contributed by atoms with Crippen LogP contribution in [0.15, 0.2) is 0 Å². The number of rotatable bonds is 6. The standard InChI is InChI=1S/C8H14O3S/c1-6(8(10)11)5-12-4-3-7(2)9/h6H,3-5H2,1-2H3,(H,10,11). The van der Waals surface area contributed by atoms with Gasteiger partial charge in [0, 0.05) is 17.9 Å². The summed E-state index contributed by atoms with van der Waals surface area (Å²) in [6.45, 7) is 3.21. The molecule has 1 N–H and O–H groups in total. The average molecular weight is 190 g/mol. The fourth-order valence-electron chi connectivity index (χ4n) is 0.547. The summed E-state index contributed by atoms with van der Waals surface area (Å²) in [7, 11) is 0. The van der Waals surface area contributed by atoms with Gasteiger partial charge >= 0.3 is 5.97 Å². The monoisotopic (exact) mass is 190 g/mol. The van der Waals surface area contributed by atoms with E-state index < -0.39 is 5.97 Å². The topological polar surface area (TPSA) is 54.4 Å². The Morgan fingerprint density at radius 3 is 2.50 bits per heavy atom. The van der Waals surface area contributed by atoms with Gasteiger partial charge in [0.25, 0.3) is 0 Å². The van der Waals surface area contributed by atoms with Crippen molar-refractivity contribution in [2.24, 2.45) is 5.92 Å². The molecule has 0 fully saturated rings. The van der Waals surface area contributed by atoms with Gasteiger partial charge in [-0.05, 0) is 6.92 Å². The van der Waals surface area contributed by atoms with Gasteiger partial charge in [-0.1, -0.05) is 6.92 Å². The minimum atomic E-state index is -0.773. The van der Waals surface area contributed by atoms with E-state index in [1.54, 1.807) is 13.8 Å². The molecule has 70 valence electrons. The maximum atomic E-state index is 10.5. The van der Waals surface area contributed by atoms with Crippen molar-refractivity contribution in [3.63, 3.8) is 0 Å². The number of thioether (sulfide) groups is 1. The predicted octanol–water partition coefficient (Wildman–Crippen LogP) is 1.42. The predicted molar refractivity (Wildman–Crippen MR) is 49.4 cm³/mol. The van der Waals surface area contributed by atoms with Crippen molar-refractivity contribution in [1.29, 1.82) is 0 Å². The molecule has 4 heteroatoms. The summed E-state index contributed by atoms with van der Waals surface area (Å²) in [5.41, 5.74) is 0. The van der Waals surface area contributed by atoms with Crippen LogP contribution in [0.2, 0.25) is 0 Å². The third-order valence-corrected chi connectivity index (χ3v) is 2.62. The number of Topliss-reactive ketones (excluding diaryl/α,β-unsaturated/α-hetero) is 1. The summed E-state index contributed by atoms with van der Waals surface area (Å²) >= 11 is 1.52. The zero-order valence-electron chi connectivity index (χ0n) is 7.37. The van der Waals surface area contributed by atoms with Gasteiger partial charge in [0.2, 0.25) is 0 Å². The number of hydrogen-bond donors (Lipinski definition) is 1. The Morgan fingerprint density at radius 1 is 1.50 bits per heavy atom. The molecule has 0 saturated carbocycles. The van der Waals surface area contributed by atoms with Crippen molar-refractivity contribution in [3.05, 3.63) is 0 Å². The Hall–Kier alpha value is -0.510. The minimum Gasteiger partial charge on any atom is -0.481 e. The highest BCUT2D eigenvalue weighted by atomic mass is 32.2. The van der Waals surface area contributed by atoms with Crippen molar-refractivity contribution < 1.29 is 14.7 Å². The molecule has 0 aromatic carbocycles. The third kappa shape index (κ3) is 6.22. The van der Waals surface area contributed by atoms with Gasteiger partial charge in [-0.3, -0.25) is 9.59 Å². The molecule has 0 radical (unpaired) electrons. The first-order valence-electron chi connectivity index (χ1n) is 3.84. The Bertz CT molecular complexity index is 168. The Balaban J connectivity index is 3.31. The zero-order chi connectivity index (χ0) is 9.56. The normalized spacial score (nSPS) is 12.5. The number of carboxylic acids is 1. The van der Waals surface area contributed by atoms with Gasteiger partial charge in [-0.2, -0.15) is 11.8 Å². The van der Waals surface area contributed by atoms with Crippen molar-refractivity contribution in [2.75, 3.05) is 11.5 Å². The second-order valence-corrected chi connectivity index (χ2v) is 3.92. The number of ketones is 1. The zero-order valence-corrected chi connectivity index (χ0v) is 8.19. The average Bonchev–Trinajstić information content (AvgIpc) is 1.97. The first-order valence-corrected chi connectivity index (χ1v) is 4.99. The lowest BCUT2D eigenvalue weighted by Crippen LogP contribution is -2.12. The summed E-state index contributed by atoms with van der Waals surface area (Å²) in [6.07, 6.45) is 0.539. The van der Waals surface area contributed by atoms with Gasteiger partial charge < -0.3 is 5.11 Å². The molecule has 1 atom stereocenters. The van der Waals surface area contributed by atoms with Crippen LogP contribution in [0.25, 0.3) is 0 Å². The Labute approximate surface area is 76.5 Å². The van der Waals surface area contributed by atoms with Crippen LogP contribution in [0.4, 0.5) is 0 Å². The SMILES string of the molecule is CC(=O)CCSCC(C)C(=O)O. The van der Waals surface area contributed by atoms with E-state index in [0.29, 0.717) is 12.2 Å². The summed E-state index contributed by atoms with van der Waals surface area (Å²) in [5.74, 6) is 0.382. The number of carbonyl (C=O) groups excluding carboxylic acids is 1. The number of carboxylic acid groups (broad SMARTS) is 1. The lowest BCUT2D eigenvalue weighted by atomic mass is 10.2. The van der Waals surface area contributed by atoms with Crippen molar-refractivity contribution in [2.45, 2.75) is 20.3 Å². The second-order valence-electron chi connectivity index (χ2n) is 2.77. The van der Waals surface area contributed by atoms with E-state index in [-0.39, 0.29) is 11.7 Å². The molecule has 0 amide bonds. The summed E-state index contributed by atoms with van der Waals surface area (Å²) in [6, 6.07) is 0. The van der Waals surface area contributed by atoms with Crippen molar-refractivity contribution in [1.82, 2.24) is 0 Å². The summed E-state index contributed by atoms with van der Waals surface area (Å²) < 4.78 is 0. The Morgan fingerprint density at radius 2 is 2.08 bits per heavy atom. The molecule has 0 aliphatic heterocycles. The molecule has 3 nitrogen and oxygen atoms in total. The first kappa shape index (κ1) is 11.5. The van der Waals surface area contributed by atoms with Crippen molar-refractivity contribution >= 4 is 23.5 Å². The molecular formula is C8H14O3S. The molecule has 0 aromatic heterocycles. The highest BCUT2D eigenvalue weighted by molar-refractivity contribution is 7.99. The van der Waals surface area contributed by atoms with Crippen LogP contribution in [0.3, 0.4) is 0 Å². The molecule has 0 aliphatic rings. The molecule has 0 heterocycles. The molecule has 0 bridgehead atoms. The minimum absolute atomic E-state index is 0.158. The molecule has 0 aromatic rings. The smallest absolute Gasteiger partial charge is 0.307 e. The quantitative estimate of drug-likeness (QED) is 0.643. The fraction of sp³-hybridized carbons (Fsp3) is 0.750. The van der Waals surface area contributed by atoms with Gasteiger partial charge in [-0.25, -0.2) is 0 Å². The van der Waals surface area contributed by atoms with Gasteiger partial charge in [-0.15, -0.1) is 0 Å². The fourth-order valence-corrected chi connectivity index (χ4v) is 1.64. The first-order chi connectivity index (χ1) is 5.54. The number of aliphatic carboxylic acids is 1. The van der Waals surface area contributed by atoms with Crippen LogP contribution in [-0.4, -0.2) is 28.4 Å². The third-order valence-electron chi connectivity index (χ3n) is 1.39. The van der Waals surface area contributed by atoms with E-state index in [2.05, 4.69) is 0 Å². The molecule has 0 saturated heterocycles. The maximum absolute atomic E-state index is 10.5. The van der Waals surface area contributed by atoms with Crippen LogP contribution in [0.1, 0.15) is 20.3 Å². The molecule has 1 unspecified atom stereocenters. The second kappa shape index (κ2) is 6.06. The van der Waals surface area contributed by atoms with Crippen LogP contribution < -0.4 is 0 Å². The van der Waals surface area contributed by atoms with E-state index in [4.69, 9.17) is 5.11 Å². The molecular weight excluding hydrogens is 176 g/mol. The molecule has 0 aliphatic carbocycles. The van der Waals surface area contributed by atoms with Gasteiger partial charge in [0.1, 0.15) is 5.78 Å². The van der Waals surface area contributed by atoms with Gasteiger partial charge in [0.15, 0.2) is 0 Å². The summed E-state index contributed by atoms with van der Waals surface area (Å²) in [5, 5.41) is 8.51. The lowest BCUT2D eigenvalue weighted by Gasteiger charge is -2.03. The van der Waals surface area contributed by atoms with E-state index in [1.807, 2.05) is 0 Å². The van der Waals surface area contributed by atoms with E-state index >= 15 is 0 Å². The number of carbonyl (C=O) groups is 2. The molecule has 0 spiro atoms. The highest BCUT2D eigenvalue weighted by Gasteiger charge is 2.09. The molecule has 12 heavy (non-hydrogen) atoms. The largest absolute Gasteiger partial charge is 0.481 e. The maximum Gasteiger partial charge on any atom is 0.307 e. The lowest BCUT2D eigenvalue weighted by molar-refractivity contribution is -0.140. The van der Waals surface area contributed by atoms with Crippen LogP contribution in [0.5, 0.6) is 0 Å². The molecule has 0 rings (SSSR count). The highest BCUT2D eigenvalue weighted by Crippen LogP contribution is 2.09. The Kier molecular flexibility index (Phi) is 5.80. The summed E-state index contributed by atoms with van der Waals surface area (Å²) in [4.78, 5) is 20.8. The number of hydrogen-bond acceptors (Lipinski definition) is 3. The van der Waals surface area contributed by atoms with Crippen molar-refractivity contribution in [3.8, 4) is 0 Å². The van der Waals surface area contributed by atoms with Gasteiger partial charge in [0.05, 0.1) is 5.92 Å². The van der Waals surface area contributed by atoms with Crippen LogP contribution in [0, 0.1) is 5.92 Å². The van der Waals surface area contributed by atoms with E-state index in [0.717, 1.165) is 5.75 Å². The van der Waals surface area contributed by atoms with E-state index in [9.17, 15) is 9.59 Å². The van der Waals surface area contributed by atoms with E-state index in [1.165, 1.54) is 11.8 Å².